The lowest BCUT2D eigenvalue weighted by molar-refractivity contribution is -0.0574. The summed E-state index contributed by atoms with van der Waals surface area (Å²) in [5.41, 5.74) is 1.64. The van der Waals surface area contributed by atoms with Crippen LogP contribution in [0.2, 0.25) is 0 Å². The second-order valence-electron chi connectivity index (χ2n) is 5.34. The maximum absolute atomic E-state index is 3.70. The molecule has 0 spiro atoms. The Morgan fingerprint density at radius 2 is 2.18 bits per heavy atom. The average Bonchev–Trinajstić information content (AvgIpc) is 2.21. The monoisotopic (exact) mass is 311 g/mol. The molecule has 5 rings (SSSR count). The van der Waals surface area contributed by atoms with Gasteiger partial charge in [-0.1, -0.05) is 15.9 Å². The van der Waals surface area contributed by atoms with Crippen molar-refractivity contribution in [3.05, 3.63) is 22.7 Å². The Morgan fingerprint density at radius 3 is 2.88 bits per heavy atom. The Balaban J connectivity index is 1.50. The number of hydrogen-bond donors (Lipinski definition) is 3. The quantitative estimate of drug-likeness (QED) is 0.734. The van der Waals surface area contributed by atoms with E-state index in [9.17, 15) is 0 Å². The molecule has 3 aliphatic carbocycles. The van der Waals surface area contributed by atoms with Crippen molar-refractivity contribution in [3.63, 3.8) is 0 Å². The molecular weight excluding hydrogens is 298 g/mol. The second-order valence-corrected chi connectivity index (χ2v) is 7.14. The Labute approximate surface area is 113 Å². The van der Waals surface area contributed by atoms with Gasteiger partial charge in [-0.2, -0.15) is 0 Å². The van der Waals surface area contributed by atoms with Gasteiger partial charge >= 0.3 is 0 Å². The Hall–Kier alpha value is -0.230. The Morgan fingerprint density at radius 1 is 1.35 bits per heavy atom. The summed E-state index contributed by atoms with van der Waals surface area (Å²) in [6, 6.07) is 6.34. The molecule has 1 atom stereocenters. The zero-order chi connectivity index (χ0) is 11.5. The number of anilines is 1. The fourth-order valence-corrected chi connectivity index (χ4v) is 4.13. The standard InChI is InChI=1S/C12H14BrN3S/c13-8-1-2-10-9(3-8)14-11(16-17-10)15-12-4-7(5-12)6-12/h1-3,7,11,14-16H,4-6H2. The van der Waals surface area contributed by atoms with Gasteiger partial charge in [0.2, 0.25) is 0 Å². The van der Waals surface area contributed by atoms with E-state index >= 15 is 0 Å². The highest BCUT2D eigenvalue weighted by molar-refractivity contribution is 9.10. The van der Waals surface area contributed by atoms with Crippen LogP contribution in [0.4, 0.5) is 5.69 Å². The first-order valence-corrected chi connectivity index (χ1v) is 7.60. The number of nitrogens with one attached hydrogen (secondary N) is 3. The normalized spacial score (nSPS) is 37.5. The molecule has 3 nitrogen and oxygen atoms in total. The molecule has 1 aromatic rings. The zero-order valence-corrected chi connectivity index (χ0v) is 11.7. The molecule has 3 fully saturated rings. The van der Waals surface area contributed by atoms with Gasteiger partial charge in [-0.05, 0) is 55.3 Å². The van der Waals surface area contributed by atoms with E-state index in [2.05, 4.69) is 49.5 Å². The lowest BCUT2D eigenvalue weighted by Crippen LogP contribution is -2.71. The van der Waals surface area contributed by atoms with Crippen molar-refractivity contribution < 1.29 is 0 Å². The number of halogens is 1. The maximum Gasteiger partial charge on any atom is 0.142 e. The van der Waals surface area contributed by atoms with Gasteiger partial charge in [0.05, 0.1) is 5.69 Å². The molecule has 1 heterocycles. The van der Waals surface area contributed by atoms with E-state index < -0.39 is 0 Å². The molecule has 4 aliphatic rings. The average molecular weight is 312 g/mol. The lowest BCUT2D eigenvalue weighted by atomic mass is 9.50. The van der Waals surface area contributed by atoms with Crippen molar-refractivity contribution in [2.45, 2.75) is 36.0 Å². The summed E-state index contributed by atoms with van der Waals surface area (Å²) in [5, 5.41) is 7.21. The molecule has 0 amide bonds. The van der Waals surface area contributed by atoms with Crippen LogP contribution < -0.4 is 15.4 Å². The van der Waals surface area contributed by atoms with Gasteiger partial charge in [0.1, 0.15) is 6.29 Å². The Bertz CT molecular complexity index is 462. The molecule has 3 saturated carbocycles. The summed E-state index contributed by atoms with van der Waals surface area (Å²) >= 11 is 5.22. The number of rotatable bonds is 2. The van der Waals surface area contributed by atoms with Crippen LogP contribution in [0.5, 0.6) is 0 Å². The molecule has 0 saturated heterocycles. The van der Waals surface area contributed by atoms with Crippen molar-refractivity contribution in [2.24, 2.45) is 5.92 Å². The molecule has 0 radical (unpaired) electrons. The summed E-state index contributed by atoms with van der Waals surface area (Å²) in [7, 11) is 0. The van der Waals surface area contributed by atoms with Crippen LogP contribution in [0.1, 0.15) is 19.3 Å². The van der Waals surface area contributed by atoms with E-state index in [0.717, 1.165) is 10.4 Å². The molecule has 1 unspecified atom stereocenters. The van der Waals surface area contributed by atoms with Gasteiger partial charge in [0.15, 0.2) is 0 Å². The molecule has 0 aromatic heterocycles. The first kappa shape index (κ1) is 10.7. The molecular formula is C12H14BrN3S. The fraction of sp³-hybridized carbons (Fsp3) is 0.500. The summed E-state index contributed by atoms with van der Waals surface area (Å²) in [6.45, 7) is 0. The minimum absolute atomic E-state index is 0.183. The topological polar surface area (TPSA) is 36.1 Å². The van der Waals surface area contributed by atoms with Crippen LogP contribution in [0.25, 0.3) is 0 Å². The fourth-order valence-electron chi connectivity index (χ4n) is 3.04. The van der Waals surface area contributed by atoms with E-state index in [4.69, 9.17) is 0 Å². The van der Waals surface area contributed by atoms with E-state index in [1.165, 1.54) is 29.8 Å². The summed E-state index contributed by atoms with van der Waals surface area (Å²) in [4.78, 5) is 1.25. The third-order valence-corrected chi connectivity index (χ3v) is 5.44. The maximum atomic E-state index is 3.70. The predicted molar refractivity (Wildman–Crippen MR) is 73.8 cm³/mol. The molecule has 1 aliphatic heterocycles. The summed E-state index contributed by atoms with van der Waals surface area (Å²) < 4.78 is 4.54. The van der Waals surface area contributed by atoms with Crippen molar-refractivity contribution in [1.82, 2.24) is 10.0 Å². The second kappa shape index (κ2) is 3.63. The first-order chi connectivity index (χ1) is 8.22. The van der Waals surface area contributed by atoms with Gasteiger partial charge < -0.3 is 5.32 Å². The van der Waals surface area contributed by atoms with Gasteiger partial charge in [0.25, 0.3) is 0 Å². The largest absolute Gasteiger partial charge is 0.356 e. The SMILES string of the molecule is Brc1ccc2c(c1)NC(NC13CC(C1)C3)NS2. The number of hydrogen-bond acceptors (Lipinski definition) is 4. The van der Waals surface area contributed by atoms with Crippen LogP contribution in [0.15, 0.2) is 27.6 Å². The van der Waals surface area contributed by atoms with Gasteiger partial charge in [-0.15, -0.1) is 0 Å². The smallest absolute Gasteiger partial charge is 0.142 e. The number of benzene rings is 1. The van der Waals surface area contributed by atoms with Gasteiger partial charge in [0, 0.05) is 14.9 Å². The van der Waals surface area contributed by atoms with Crippen molar-refractivity contribution in [2.75, 3.05) is 5.32 Å². The third-order valence-electron chi connectivity index (χ3n) is 4.02. The molecule has 5 heteroatoms. The van der Waals surface area contributed by atoms with Gasteiger partial charge in [-0.3, -0.25) is 5.32 Å². The van der Waals surface area contributed by atoms with Crippen LogP contribution in [-0.4, -0.2) is 11.8 Å². The van der Waals surface area contributed by atoms with Crippen molar-refractivity contribution >= 4 is 33.6 Å². The van der Waals surface area contributed by atoms with E-state index in [0.29, 0.717) is 5.54 Å². The highest BCUT2D eigenvalue weighted by Crippen LogP contribution is 2.57. The first-order valence-electron chi connectivity index (χ1n) is 5.99. The minimum Gasteiger partial charge on any atom is -0.356 e. The van der Waals surface area contributed by atoms with E-state index in [1.54, 1.807) is 11.9 Å². The summed E-state index contributed by atoms with van der Waals surface area (Å²) in [6.07, 6.45) is 4.28. The van der Waals surface area contributed by atoms with E-state index in [1.807, 2.05) is 0 Å². The molecule has 3 N–H and O–H groups in total. The summed E-state index contributed by atoms with van der Waals surface area (Å²) in [5.74, 6) is 1.01. The predicted octanol–water partition coefficient (Wildman–Crippen LogP) is 2.90. The van der Waals surface area contributed by atoms with Crippen LogP contribution in [-0.2, 0) is 0 Å². The van der Waals surface area contributed by atoms with Crippen molar-refractivity contribution in [1.29, 1.82) is 0 Å². The molecule has 1 aromatic carbocycles. The minimum atomic E-state index is 0.183. The molecule has 90 valence electrons. The van der Waals surface area contributed by atoms with E-state index in [-0.39, 0.29) is 6.29 Å². The van der Waals surface area contributed by atoms with Crippen LogP contribution in [0.3, 0.4) is 0 Å². The zero-order valence-electron chi connectivity index (χ0n) is 9.29. The highest BCUT2D eigenvalue weighted by Gasteiger charge is 2.57. The van der Waals surface area contributed by atoms with Crippen molar-refractivity contribution in [3.8, 4) is 0 Å². The molecule has 2 bridgehead atoms. The Kier molecular flexibility index (Phi) is 2.28. The van der Waals surface area contributed by atoms with Gasteiger partial charge in [-0.25, -0.2) is 4.72 Å². The van der Waals surface area contributed by atoms with Crippen LogP contribution >= 0.6 is 27.9 Å². The number of fused-ring (bicyclic) bond motifs is 1. The molecule has 17 heavy (non-hydrogen) atoms. The lowest BCUT2D eigenvalue weighted by Gasteiger charge is -2.63. The van der Waals surface area contributed by atoms with Crippen LogP contribution in [0, 0.1) is 5.92 Å². The third kappa shape index (κ3) is 1.71. The highest BCUT2D eigenvalue weighted by atomic mass is 79.9.